The van der Waals surface area contributed by atoms with Crippen LogP contribution in [0.4, 0.5) is 0 Å². The Morgan fingerprint density at radius 2 is 2.00 bits per heavy atom. The standard InChI is InChI=1S/C14H26N2O3/c1-5-7-11(9-19-4)16-10(3)13(17)15-12(8-6-2)14(16)18/h10-12H,5-9H2,1-4H3,(H,15,17). The molecule has 19 heavy (non-hydrogen) atoms. The minimum absolute atomic E-state index is 0.0112. The topological polar surface area (TPSA) is 58.6 Å². The van der Waals surface area contributed by atoms with Gasteiger partial charge in [0.25, 0.3) is 0 Å². The van der Waals surface area contributed by atoms with Crippen LogP contribution in [0.1, 0.15) is 46.5 Å². The summed E-state index contributed by atoms with van der Waals surface area (Å²) in [6, 6.07) is -0.792. The van der Waals surface area contributed by atoms with Gasteiger partial charge in [-0.15, -0.1) is 0 Å². The molecule has 0 bridgehead atoms. The second-order valence-electron chi connectivity index (χ2n) is 5.17. The zero-order valence-corrected chi connectivity index (χ0v) is 12.4. The molecule has 5 heteroatoms. The van der Waals surface area contributed by atoms with E-state index in [0.29, 0.717) is 13.0 Å². The Bertz CT molecular complexity index is 314. The maximum absolute atomic E-state index is 12.5. The van der Waals surface area contributed by atoms with Gasteiger partial charge in [-0.1, -0.05) is 26.7 Å². The molecule has 1 heterocycles. The second kappa shape index (κ2) is 7.48. The smallest absolute Gasteiger partial charge is 0.246 e. The molecule has 1 aliphatic heterocycles. The van der Waals surface area contributed by atoms with Crippen molar-refractivity contribution in [2.24, 2.45) is 0 Å². The molecule has 1 rings (SSSR count). The second-order valence-corrected chi connectivity index (χ2v) is 5.17. The molecule has 1 N–H and O–H groups in total. The number of hydrogen-bond acceptors (Lipinski definition) is 3. The number of methoxy groups -OCH3 is 1. The number of piperazine rings is 1. The van der Waals surface area contributed by atoms with E-state index in [-0.39, 0.29) is 23.9 Å². The first kappa shape index (κ1) is 16.0. The van der Waals surface area contributed by atoms with Crippen LogP contribution in [0.25, 0.3) is 0 Å². The Balaban J connectivity index is 2.90. The predicted octanol–water partition coefficient (Wildman–Crippen LogP) is 1.32. The van der Waals surface area contributed by atoms with Crippen LogP contribution in [-0.4, -0.2) is 48.6 Å². The van der Waals surface area contributed by atoms with E-state index in [2.05, 4.69) is 12.2 Å². The van der Waals surface area contributed by atoms with Gasteiger partial charge in [0, 0.05) is 7.11 Å². The number of rotatable bonds is 7. The number of carbonyl (C=O) groups is 2. The van der Waals surface area contributed by atoms with E-state index in [1.54, 1.807) is 18.9 Å². The van der Waals surface area contributed by atoms with E-state index in [1.807, 2.05) is 6.92 Å². The summed E-state index contributed by atoms with van der Waals surface area (Å²) in [5.41, 5.74) is 0. The summed E-state index contributed by atoms with van der Waals surface area (Å²) < 4.78 is 5.21. The molecule has 0 saturated carbocycles. The van der Waals surface area contributed by atoms with E-state index in [1.165, 1.54) is 0 Å². The summed E-state index contributed by atoms with van der Waals surface area (Å²) in [5.74, 6) is -0.0280. The van der Waals surface area contributed by atoms with Crippen LogP contribution in [0.15, 0.2) is 0 Å². The molecule has 1 aliphatic rings. The third-order valence-electron chi connectivity index (χ3n) is 3.62. The first-order valence-corrected chi connectivity index (χ1v) is 7.18. The highest BCUT2D eigenvalue weighted by Crippen LogP contribution is 2.19. The number of nitrogens with one attached hydrogen (secondary N) is 1. The van der Waals surface area contributed by atoms with Crippen LogP contribution in [0.2, 0.25) is 0 Å². The minimum Gasteiger partial charge on any atom is -0.383 e. The Morgan fingerprint density at radius 1 is 1.32 bits per heavy atom. The van der Waals surface area contributed by atoms with E-state index in [0.717, 1.165) is 19.3 Å². The van der Waals surface area contributed by atoms with Crippen molar-refractivity contribution < 1.29 is 14.3 Å². The van der Waals surface area contributed by atoms with Crippen molar-refractivity contribution in [1.82, 2.24) is 10.2 Å². The summed E-state index contributed by atoms with van der Waals surface area (Å²) in [4.78, 5) is 26.2. The van der Waals surface area contributed by atoms with Crippen molar-refractivity contribution in [3.05, 3.63) is 0 Å². The molecular weight excluding hydrogens is 244 g/mol. The molecule has 0 aliphatic carbocycles. The first-order valence-electron chi connectivity index (χ1n) is 7.18. The van der Waals surface area contributed by atoms with E-state index >= 15 is 0 Å². The molecule has 1 saturated heterocycles. The van der Waals surface area contributed by atoms with Crippen LogP contribution in [0, 0.1) is 0 Å². The number of ether oxygens (including phenoxy) is 1. The molecule has 0 aromatic rings. The Morgan fingerprint density at radius 3 is 2.53 bits per heavy atom. The van der Waals surface area contributed by atoms with Gasteiger partial charge in [0.1, 0.15) is 12.1 Å². The van der Waals surface area contributed by atoms with Crippen molar-refractivity contribution >= 4 is 11.8 Å². The van der Waals surface area contributed by atoms with Crippen molar-refractivity contribution in [2.45, 2.75) is 64.6 Å². The van der Waals surface area contributed by atoms with Gasteiger partial charge in [-0.05, 0) is 19.8 Å². The average Bonchev–Trinajstić information content (AvgIpc) is 2.37. The highest BCUT2D eigenvalue weighted by molar-refractivity contribution is 5.96. The SMILES string of the molecule is CCCC1NC(=O)C(C)N(C(CCC)COC)C1=O. The summed E-state index contributed by atoms with van der Waals surface area (Å²) >= 11 is 0. The predicted molar refractivity (Wildman–Crippen MR) is 73.7 cm³/mol. The van der Waals surface area contributed by atoms with Crippen LogP contribution in [0.5, 0.6) is 0 Å². The molecule has 0 spiro atoms. The largest absolute Gasteiger partial charge is 0.383 e. The number of amides is 2. The molecule has 2 amide bonds. The fourth-order valence-electron chi connectivity index (χ4n) is 2.66. The van der Waals surface area contributed by atoms with E-state index < -0.39 is 6.04 Å². The van der Waals surface area contributed by atoms with Crippen molar-refractivity contribution in [1.29, 1.82) is 0 Å². The molecule has 3 unspecified atom stereocenters. The highest BCUT2D eigenvalue weighted by atomic mass is 16.5. The summed E-state index contributed by atoms with van der Waals surface area (Å²) in [6.07, 6.45) is 3.39. The Hall–Kier alpha value is -1.10. The van der Waals surface area contributed by atoms with Crippen LogP contribution >= 0.6 is 0 Å². The maximum atomic E-state index is 12.5. The lowest BCUT2D eigenvalue weighted by atomic mass is 10.00. The first-order chi connectivity index (χ1) is 9.06. The highest BCUT2D eigenvalue weighted by Gasteiger charge is 2.40. The van der Waals surface area contributed by atoms with Crippen molar-refractivity contribution in [3.8, 4) is 0 Å². The average molecular weight is 270 g/mol. The van der Waals surface area contributed by atoms with Crippen LogP contribution in [0.3, 0.4) is 0 Å². The summed E-state index contributed by atoms with van der Waals surface area (Å²) in [6.45, 7) is 6.36. The fourth-order valence-corrected chi connectivity index (χ4v) is 2.66. The van der Waals surface area contributed by atoms with Gasteiger partial charge >= 0.3 is 0 Å². The molecule has 3 atom stereocenters. The molecule has 0 aromatic heterocycles. The van der Waals surface area contributed by atoms with Gasteiger partial charge < -0.3 is 15.0 Å². The molecule has 1 fully saturated rings. The number of hydrogen-bond donors (Lipinski definition) is 1. The molecule has 110 valence electrons. The maximum Gasteiger partial charge on any atom is 0.246 e. The number of nitrogens with zero attached hydrogens (tertiary/aromatic N) is 1. The monoisotopic (exact) mass is 270 g/mol. The Labute approximate surface area is 115 Å². The molecular formula is C14H26N2O3. The van der Waals surface area contributed by atoms with Crippen molar-refractivity contribution in [3.63, 3.8) is 0 Å². The quantitative estimate of drug-likeness (QED) is 0.759. The third kappa shape index (κ3) is 3.69. The number of carbonyl (C=O) groups excluding carboxylic acids is 2. The Kier molecular flexibility index (Phi) is 6.28. The van der Waals surface area contributed by atoms with Gasteiger partial charge in [0.15, 0.2) is 0 Å². The van der Waals surface area contributed by atoms with Gasteiger partial charge in [0.05, 0.1) is 12.6 Å². The molecule has 0 radical (unpaired) electrons. The van der Waals surface area contributed by atoms with E-state index in [4.69, 9.17) is 4.74 Å². The summed E-state index contributed by atoms with van der Waals surface area (Å²) in [7, 11) is 1.63. The molecule has 5 nitrogen and oxygen atoms in total. The van der Waals surface area contributed by atoms with Crippen molar-refractivity contribution in [2.75, 3.05) is 13.7 Å². The lowest BCUT2D eigenvalue weighted by molar-refractivity contribution is -0.153. The normalized spacial score (nSPS) is 25.4. The van der Waals surface area contributed by atoms with Gasteiger partial charge in [-0.2, -0.15) is 0 Å². The fraction of sp³-hybridized carbons (Fsp3) is 0.857. The van der Waals surface area contributed by atoms with Gasteiger partial charge in [-0.25, -0.2) is 0 Å². The zero-order chi connectivity index (χ0) is 14.4. The third-order valence-corrected chi connectivity index (χ3v) is 3.62. The van der Waals surface area contributed by atoms with Gasteiger partial charge in [-0.3, -0.25) is 9.59 Å². The zero-order valence-electron chi connectivity index (χ0n) is 12.4. The minimum atomic E-state index is -0.410. The lowest BCUT2D eigenvalue weighted by Crippen LogP contribution is -2.65. The molecule has 0 aromatic carbocycles. The van der Waals surface area contributed by atoms with Gasteiger partial charge in [0.2, 0.25) is 11.8 Å². The lowest BCUT2D eigenvalue weighted by Gasteiger charge is -2.42. The van der Waals surface area contributed by atoms with Crippen LogP contribution in [-0.2, 0) is 14.3 Å². The van der Waals surface area contributed by atoms with Crippen LogP contribution < -0.4 is 5.32 Å². The van der Waals surface area contributed by atoms with E-state index in [9.17, 15) is 9.59 Å². The summed E-state index contributed by atoms with van der Waals surface area (Å²) in [5, 5.41) is 2.81.